The van der Waals surface area contributed by atoms with Crippen LogP contribution in [0, 0.1) is 0 Å². The van der Waals surface area contributed by atoms with Crippen molar-refractivity contribution < 1.29 is 33.4 Å². The van der Waals surface area contributed by atoms with Crippen LogP contribution in [0.3, 0.4) is 0 Å². The van der Waals surface area contributed by atoms with Gasteiger partial charge in [0.25, 0.3) is 11.8 Å². The lowest BCUT2D eigenvalue weighted by molar-refractivity contribution is -0.136. The third kappa shape index (κ3) is 6.81. The SMILES string of the molecule is CC(=O)c1nccc(COc2ccc(C(C)(C)c3ccc(O[C@H]4C[C@@H](Nc5ccc6c(c5)C(=O)N(C5CCC(=O)NC5=O)C6=O)C4)cc3)cc2)n1. The number of benzene rings is 3. The number of carbonyl (C=O) groups is 5. The van der Waals surface area contributed by atoms with Crippen molar-refractivity contribution in [1.29, 1.82) is 0 Å². The third-order valence-electron chi connectivity index (χ3n) is 9.77. The first-order chi connectivity index (χ1) is 24.5. The normalized spacial score (nSPS) is 20.0. The van der Waals surface area contributed by atoms with E-state index < -0.39 is 29.7 Å². The Labute approximate surface area is 294 Å². The average molecular weight is 688 g/mol. The number of anilines is 1. The first kappa shape index (κ1) is 33.6. The van der Waals surface area contributed by atoms with Gasteiger partial charge < -0.3 is 14.8 Å². The van der Waals surface area contributed by atoms with Crippen molar-refractivity contribution in [2.45, 2.75) is 76.7 Å². The number of aromatic nitrogens is 2. The van der Waals surface area contributed by atoms with Crippen molar-refractivity contribution in [2.24, 2.45) is 0 Å². The van der Waals surface area contributed by atoms with E-state index in [2.05, 4.69) is 46.6 Å². The fourth-order valence-electron chi connectivity index (χ4n) is 6.66. The molecule has 7 rings (SSSR count). The molecule has 51 heavy (non-hydrogen) atoms. The summed E-state index contributed by atoms with van der Waals surface area (Å²) in [4.78, 5) is 70.8. The maximum Gasteiger partial charge on any atom is 0.262 e. The fourth-order valence-corrected chi connectivity index (χ4v) is 6.66. The zero-order valence-corrected chi connectivity index (χ0v) is 28.5. The van der Waals surface area contributed by atoms with Crippen LogP contribution in [0.4, 0.5) is 5.69 Å². The number of hydrogen-bond acceptors (Lipinski definition) is 10. The predicted octanol–water partition coefficient (Wildman–Crippen LogP) is 5.01. The molecule has 0 radical (unpaired) electrons. The lowest BCUT2D eigenvalue weighted by atomic mass is 9.78. The zero-order chi connectivity index (χ0) is 35.9. The number of rotatable bonds is 11. The highest BCUT2D eigenvalue weighted by molar-refractivity contribution is 6.23. The molecular weight excluding hydrogens is 650 g/mol. The van der Waals surface area contributed by atoms with Crippen LogP contribution >= 0.6 is 0 Å². The van der Waals surface area contributed by atoms with E-state index in [0.29, 0.717) is 17.1 Å². The number of hydrogen-bond donors (Lipinski definition) is 2. The van der Waals surface area contributed by atoms with E-state index in [4.69, 9.17) is 9.47 Å². The lowest BCUT2D eigenvalue weighted by Gasteiger charge is -2.36. The number of Topliss-reactive ketones (excluding diaryl/α,β-unsaturated/α-hetero) is 1. The number of carbonyl (C=O) groups excluding carboxylic acids is 5. The van der Waals surface area contributed by atoms with Gasteiger partial charge in [0.2, 0.25) is 11.8 Å². The second kappa shape index (κ2) is 13.4. The minimum Gasteiger partial charge on any atom is -0.490 e. The Balaban J connectivity index is 0.901. The van der Waals surface area contributed by atoms with Gasteiger partial charge in [0.1, 0.15) is 30.3 Å². The molecular formula is C39H37N5O7. The summed E-state index contributed by atoms with van der Waals surface area (Å²) in [7, 11) is 0. The topological polar surface area (TPSA) is 157 Å². The van der Waals surface area contributed by atoms with Gasteiger partial charge in [-0.3, -0.25) is 34.2 Å². The van der Waals surface area contributed by atoms with Crippen molar-refractivity contribution in [1.82, 2.24) is 20.2 Å². The quantitative estimate of drug-likeness (QED) is 0.162. The van der Waals surface area contributed by atoms with Gasteiger partial charge in [0.15, 0.2) is 11.6 Å². The number of amides is 4. The summed E-state index contributed by atoms with van der Waals surface area (Å²) in [5.74, 6) is -0.609. The molecule has 3 aromatic carbocycles. The Kier molecular flexibility index (Phi) is 8.84. The molecule has 1 saturated carbocycles. The number of fused-ring (bicyclic) bond motifs is 1. The molecule has 4 amide bonds. The monoisotopic (exact) mass is 687 g/mol. The molecule has 3 heterocycles. The molecule has 1 atom stereocenters. The van der Waals surface area contributed by atoms with Crippen LogP contribution in [-0.2, 0) is 21.6 Å². The Morgan fingerprint density at radius 2 is 1.57 bits per heavy atom. The smallest absolute Gasteiger partial charge is 0.262 e. The van der Waals surface area contributed by atoms with E-state index in [0.717, 1.165) is 34.6 Å². The van der Waals surface area contributed by atoms with Crippen LogP contribution in [0.1, 0.15) is 94.6 Å². The standard InChI is InChI=1S/C39H37N5O7/c1-22(45)35-40-17-16-26(42-35)21-50-28-9-4-23(5-10-28)39(2,3)24-6-11-29(12-7-24)51-30-18-27(19-30)41-25-8-13-31-32(20-25)38(49)44(37(31)48)33-14-15-34(46)43-36(33)47/h4-13,16-17,20,27,30,33,41H,14-15,18-19,21H2,1-3H3,(H,43,46,47)/t27-,30+,33?. The molecule has 260 valence electrons. The number of nitrogens with one attached hydrogen (secondary N) is 2. The van der Waals surface area contributed by atoms with Gasteiger partial charge in [-0.15, -0.1) is 0 Å². The fraction of sp³-hybridized carbons (Fsp3) is 0.308. The summed E-state index contributed by atoms with van der Waals surface area (Å²) in [6, 6.07) is 22.0. The highest BCUT2D eigenvalue weighted by Crippen LogP contribution is 2.36. The summed E-state index contributed by atoms with van der Waals surface area (Å²) in [6.45, 7) is 6.00. The van der Waals surface area contributed by atoms with Crippen LogP contribution in [0.5, 0.6) is 11.5 Å². The van der Waals surface area contributed by atoms with Gasteiger partial charge in [-0.05, 0) is 66.1 Å². The number of piperidine rings is 1. The number of ketones is 1. The molecule has 1 aliphatic carbocycles. The molecule has 4 aromatic rings. The first-order valence-corrected chi connectivity index (χ1v) is 16.9. The number of nitrogens with zero attached hydrogens (tertiary/aromatic N) is 3. The summed E-state index contributed by atoms with van der Waals surface area (Å²) in [6.07, 6.45) is 3.32. The van der Waals surface area contributed by atoms with E-state index in [1.165, 1.54) is 6.92 Å². The van der Waals surface area contributed by atoms with Crippen LogP contribution < -0.4 is 20.1 Å². The molecule has 12 heteroatoms. The Morgan fingerprint density at radius 1 is 0.902 bits per heavy atom. The third-order valence-corrected chi connectivity index (χ3v) is 9.77. The van der Waals surface area contributed by atoms with Crippen LogP contribution in [0.2, 0.25) is 0 Å². The predicted molar refractivity (Wildman–Crippen MR) is 186 cm³/mol. The molecule has 1 saturated heterocycles. The lowest BCUT2D eigenvalue weighted by Crippen LogP contribution is -2.54. The highest BCUT2D eigenvalue weighted by atomic mass is 16.5. The Hall–Kier alpha value is -5.91. The highest BCUT2D eigenvalue weighted by Gasteiger charge is 2.45. The van der Waals surface area contributed by atoms with Gasteiger partial charge in [-0.25, -0.2) is 9.97 Å². The molecule has 1 aromatic heterocycles. The van der Waals surface area contributed by atoms with E-state index >= 15 is 0 Å². The number of ether oxygens (including phenoxy) is 2. The Bertz CT molecular complexity index is 2040. The molecule has 12 nitrogen and oxygen atoms in total. The largest absolute Gasteiger partial charge is 0.490 e. The Morgan fingerprint density at radius 3 is 2.24 bits per heavy atom. The maximum atomic E-state index is 13.2. The van der Waals surface area contributed by atoms with E-state index in [9.17, 15) is 24.0 Å². The summed E-state index contributed by atoms with van der Waals surface area (Å²) in [5.41, 5.74) is 3.83. The van der Waals surface area contributed by atoms with Crippen molar-refractivity contribution in [3.05, 3.63) is 113 Å². The van der Waals surface area contributed by atoms with E-state index in [-0.39, 0.29) is 59.7 Å². The minimum absolute atomic E-state index is 0.0333. The first-order valence-electron chi connectivity index (χ1n) is 16.9. The molecule has 3 aliphatic rings. The van der Waals surface area contributed by atoms with Gasteiger partial charge >= 0.3 is 0 Å². The van der Waals surface area contributed by atoms with Crippen molar-refractivity contribution in [2.75, 3.05) is 5.32 Å². The summed E-state index contributed by atoms with van der Waals surface area (Å²) >= 11 is 0. The molecule has 2 aliphatic heterocycles. The second-order valence-electron chi connectivity index (χ2n) is 13.7. The van der Waals surface area contributed by atoms with Gasteiger partial charge in [-0.2, -0.15) is 0 Å². The minimum atomic E-state index is -0.990. The van der Waals surface area contributed by atoms with Crippen molar-refractivity contribution in [3.63, 3.8) is 0 Å². The molecule has 0 spiro atoms. The molecule has 0 bridgehead atoms. The van der Waals surface area contributed by atoms with Crippen molar-refractivity contribution >= 4 is 35.1 Å². The van der Waals surface area contributed by atoms with Gasteiger partial charge in [-0.1, -0.05) is 38.1 Å². The molecule has 2 fully saturated rings. The van der Waals surface area contributed by atoms with Crippen LogP contribution in [-0.4, -0.2) is 62.5 Å². The number of imide groups is 2. The van der Waals surface area contributed by atoms with Crippen LogP contribution in [0.15, 0.2) is 79.0 Å². The summed E-state index contributed by atoms with van der Waals surface area (Å²) in [5, 5.41) is 5.64. The van der Waals surface area contributed by atoms with E-state index in [1.54, 1.807) is 30.5 Å². The van der Waals surface area contributed by atoms with Crippen molar-refractivity contribution in [3.8, 4) is 11.5 Å². The second-order valence-corrected chi connectivity index (χ2v) is 13.7. The van der Waals surface area contributed by atoms with Crippen LogP contribution in [0.25, 0.3) is 0 Å². The zero-order valence-electron chi connectivity index (χ0n) is 28.5. The summed E-state index contributed by atoms with van der Waals surface area (Å²) < 4.78 is 12.1. The van der Waals surface area contributed by atoms with Gasteiger partial charge in [0, 0.05) is 49.5 Å². The average Bonchev–Trinajstić information content (AvgIpc) is 3.35. The van der Waals surface area contributed by atoms with E-state index in [1.807, 2.05) is 36.4 Å². The molecule has 2 N–H and O–H groups in total. The maximum absolute atomic E-state index is 13.2. The van der Waals surface area contributed by atoms with Gasteiger partial charge in [0.05, 0.1) is 16.8 Å². The molecule has 1 unspecified atom stereocenters.